The number of ether oxygens (including phenoxy) is 1. The molecular weight excluding hydrogens is 272 g/mol. The van der Waals surface area contributed by atoms with E-state index in [-0.39, 0.29) is 5.60 Å². The van der Waals surface area contributed by atoms with Gasteiger partial charge >= 0.3 is 0 Å². The highest BCUT2D eigenvalue weighted by Gasteiger charge is 2.30. The van der Waals surface area contributed by atoms with Crippen LogP contribution in [0.2, 0.25) is 0 Å². The van der Waals surface area contributed by atoms with Crippen LogP contribution in [0.4, 0.5) is 5.69 Å². The summed E-state index contributed by atoms with van der Waals surface area (Å²) in [6.07, 6.45) is 4.86. The second kappa shape index (κ2) is 6.59. The maximum atomic E-state index is 5.88. The Hall–Kier alpha value is -1.06. The van der Waals surface area contributed by atoms with Crippen molar-refractivity contribution in [3.63, 3.8) is 0 Å². The summed E-state index contributed by atoms with van der Waals surface area (Å²) in [6, 6.07) is 7.52. The summed E-state index contributed by atoms with van der Waals surface area (Å²) in [5, 5.41) is 3.75. The molecule has 1 unspecified atom stereocenters. The molecular formula is C19H30N2O. The maximum Gasteiger partial charge on any atom is 0.0779 e. The second-order valence-corrected chi connectivity index (χ2v) is 7.39. The lowest BCUT2D eigenvalue weighted by molar-refractivity contribution is 0.0181. The SMILES string of the molecule is Cc1cc(C)cc(N2CCC(NCC3(C)CCCO3)CC2)c1. The van der Waals surface area contributed by atoms with E-state index in [0.717, 1.165) is 26.2 Å². The van der Waals surface area contributed by atoms with Crippen molar-refractivity contribution in [3.05, 3.63) is 29.3 Å². The number of hydrogen-bond donors (Lipinski definition) is 1. The largest absolute Gasteiger partial charge is 0.374 e. The molecule has 1 N–H and O–H groups in total. The molecule has 3 heteroatoms. The van der Waals surface area contributed by atoms with Gasteiger partial charge in [-0.2, -0.15) is 0 Å². The van der Waals surface area contributed by atoms with E-state index in [1.807, 2.05) is 0 Å². The number of rotatable bonds is 4. The summed E-state index contributed by atoms with van der Waals surface area (Å²) in [4.78, 5) is 2.53. The van der Waals surface area contributed by atoms with Crippen LogP contribution in [0.3, 0.4) is 0 Å². The number of aryl methyl sites for hydroxylation is 2. The van der Waals surface area contributed by atoms with Gasteiger partial charge < -0.3 is 15.0 Å². The summed E-state index contributed by atoms with van der Waals surface area (Å²) >= 11 is 0. The van der Waals surface area contributed by atoms with Crippen LogP contribution in [-0.4, -0.2) is 37.9 Å². The Labute approximate surface area is 135 Å². The van der Waals surface area contributed by atoms with Gasteiger partial charge in [-0.1, -0.05) is 6.07 Å². The topological polar surface area (TPSA) is 24.5 Å². The van der Waals surface area contributed by atoms with E-state index >= 15 is 0 Å². The van der Waals surface area contributed by atoms with E-state index in [1.165, 1.54) is 42.5 Å². The molecule has 2 heterocycles. The molecule has 2 saturated heterocycles. The minimum atomic E-state index is 0.0742. The van der Waals surface area contributed by atoms with Crippen LogP contribution in [0.1, 0.15) is 43.7 Å². The van der Waals surface area contributed by atoms with Gasteiger partial charge in [-0.05, 0) is 69.7 Å². The van der Waals surface area contributed by atoms with Crippen LogP contribution in [0.15, 0.2) is 18.2 Å². The number of nitrogens with zero attached hydrogens (tertiary/aromatic N) is 1. The molecule has 3 nitrogen and oxygen atoms in total. The van der Waals surface area contributed by atoms with E-state index in [4.69, 9.17) is 4.74 Å². The zero-order chi connectivity index (χ0) is 15.6. The summed E-state index contributed by atoms with van der Waals surface area (Å²) in [5.74, 6) is 0. The molecule has 0 bridgehead atoms. The van der Waals surface area contributed by atoms with Gasteiger partial charge in [0, 0.05) is 38.0 Å². The molecule has 0 aliphatic carbocycles. The quantitative estimate of drug-likeness (QED) is 0.922. The molecule has 0 aromatic heterocycles. The lowest BCUT2D eigenvalue weighted by atomic mass is 9.99. The Morgan fingerprint density at radius 1 is 1.18 bits per heavy atom. The average Bonchev–Trinajstić information content (AvgIpc) is 2.92. The molecule has 1 atom stereocenters. The molecule has 0 amide bonds. The van der Waals surface area contributed by atoms with Crippen molar-refractivity contribution in [2.75, 3.05) is 31.1 Å². The van der Waals surface area contributed by atoms with E-state index in [9.17, 15) is 0 Å². The molecule has 0 spiro atoms. The summed E-state index contributed by atoms with van der Waals surface area (Å²) in [6.45, 7) is 10.9. The molecule has 2 aliphatic heterocycles. The summed E-state index contributed by atoms with van der Waals surface area (Å²) in [7, 11) is 0. The molecule has 3 rings (SSSR count). The molecule has 22 heavy (non-hydrogen) atoms. The van der Waals surface area contributed by atoms with Crippen molar-refractivity contribution in [1.29, 1.82) is 0 Å². The van der Waals surface area contributed by atoms with E-state index in [0.29, 0.717) is 6.04 Å². The fourth-order valence-electron chi connectivity index (χ4n) is 3.81. The number of nitrogens with one attached hydrogen (secondary N) is 1. The number of benzene rings is 1. The van der Waals surface area contributed by atoms with Crippen molar-refractivity contribution in [3.8, 4) is 0 Å². The van der Waals surface area contributed by atoms with Crippen LogP contribution in [-0.2, 0) is 4.74 Å². The maximum absolute atomic E-state index is 5.88. The molecule has 2 aliphatic rings. The predicted octanol–water partition coefficient (Wildman–Crippen LogP) is 3.43. The summed E-state index contributed by atoms with van der Waals surface area (Å²) in [5.41, 5.74) is 4.19. The van der Waals surface area contributed by atoms with Crippen LogP contribution >= 0.6 is 0 Å². The molecule has 0 radical (unpaired) electrons. The Kier molecular flexibility index (Phi) is 4.74. The zero-order valence-corrected chi connectivity index (χ0v) is 14.3. The number of piperidine rings is 1. The average molecular weight is 302 g/mol. The summed E-state index contributed by atoms with van der Waals surface area (Å²) < 4.78 is 5.88. The number of anilines is 1. The monoisotopic (exact) mass is 302 g/mol. The highest BCUT2D eigenvalue weighted by atomic mass is 16.5. The first-order valence-electron chi connectivity index (χ1n) is 8.75. The molecule has 1 aromatic rings. The van der Waals surface area contributed by atoms with Crippen molar-refractivity contribution in [2.45, 2.75) is 58.1 Å². The van der Waals surface area contributed by atoms with Crippen LogP contribution < -0.4 is 10.2 Å². The zero-order valence-electron chi connectivity index (χ0n) is 14.3. The van der Waals surface area contributed by atoms with E-state index < -0.39 is 0 Å². The normalized spacial score (nSPS) is 26.6. The first kappa shape index (κ1) is 15.8. The highest BCUT2D eigenvalue weighted by Crippen LogP contribution is 2.26. The first-order valence-corrected chi connectivity index (χ1v) is 8.75. The van der Waals surface area contributed by atoms with Crippen LogP contribution in [0.25, 0.3) is 0 Å². The third-order valence-electron chi connectivity index (χ3n) is 5.13. The Bertz CT molecular complexity index is 480. The molecule has 1 aromatic carbocycles. The Balaban J connectivity index is 1.49. The highest BCUT2D eigenvalue weighted by molar-refractivity contribution is 5.51. The van der Waals surface area contributed by atoms with Gasteiger partial charge in [0.05, 0.1) is 5.60 Å². The molecule has 2 fully saturated rings. The Morgan fingerprint density at radius 3 is 2.45 bits per heavy atom. The van der Waals surface area contributed by atoms with E-state index in [2.05, 4.69) is 49.2 Å². The van der Waals surface area contributed by atoms with Gasteiger partial charge in [0.1, 0.15) is 0 Å². The molecule has 0 saturated carbocycles. The Morgan fingerprint density at radius 2 is 1.86 bits per heavy atom. The molecule has 122 valence electrons. The fourth-order valence-corrected chi connectivity index (χ4v) is 3.81. The van der Waals surface area contributed by atoms with Crippen LogP contribution in [0, 0.1) is 13.8 Å². The van der Waals surface area contributed by atoms with Crippen molar-refractivity contribution in [2.24, 2.45) is 0 Å². The number of hydrogen-bond acceptors (Lipinski definition) is 3. The van der Waals surface area contributed by atoms with Gasteiger partial charge in [-0.25, -0.2) is 0 Å². The van der Waals surface area contributed by atoms with Gasteiger partial charge in [0.25, 0.3) is 0 Å². The van der Waals surface area contributed by atoms with Crippen molar-refractivity contribution in [1.82, 2.24) is 5.32 Å². The third-order valence-corrected chi connectivity index (χ3v) is 5.13. The predicted molar refractivity (Wildman–Crippen MR) is 92.7 cm³/mol. The minimum absolute atomic E-state index is 0.0742. The second-order valence-electron chi connectivity index (χ2n) is 7.39. The van der Waals surface area contributed by atoms with Gasteiger partial charge in [-0.15, -0.1) is 0 Å². The standard InChI is InChI=1S/C19H30N2O/c1-15-11-16(2)13-18(12-15)21-8-5-17(6-9-21)20-14-19(3)7-4-10-22-19/h11-13,17,20H,4-10,14H2,1-3H3. The van der Waals surface area contributed by atoms with Gasteiger partial charge in [0.2, 0.25) is 0 Å². The van der Waals surface area contributed by atoms with Gasteiger partial charge in [0.15, 0.2) is 0 Å². The smallest absolute Gasteiger partial charge is 0.0779 e. The van der Waals surface area contributed by atoms with Gasteiger partial charge in [-0.3, -0.25) is 0 Å². The van der Waals surface area contributed by atoms with Crippen LogP contribution in [0.5, 0.6) is 0 Å². The van der Waals surface area contributed by atoms with Crippen molar-refractivity contribution < 1.29 is 4.74 Å². The third kappa shape index (κ3) is 3.82. The first-order chi connectivity index (χ1) is 10.5. The van der Waals surface area contributed by atoms with Crippen molar-refractivity contribution >= 4 is 5.69 Å². The minimum Gasteiger partial charge on any atom is -0.374 e. The fraction of sp³-hybridized carbons (Fsp3) is 0.684. The van der Waals surface area contributed by atoms with E-state index in [1.54, 1.807) is 0 Å². The lowest BCUT2D eigenvalue weighted by Crippen LogP contribution is -2.47. The lowest BCUT2D eigenvalue weighted by Gasteiger charge is -2.36.